The van der Waals surface area contributed by atoms with Crippen molar-refractivity contribution in [3.05, 3.63) is 0 Å². The van der Waals surface area contributed by atoms with Crippen LogP contribution in [-0.4, -0.2) is 354 Å². The third-order valence-electron chi connectivity index (χ3n) is 12.9. The van der Waals surface area contributed by atoms with Crippen LogP contribution in [-0.2, 0) is 80.9 Å². The smallest absolute Gasteiger partial charge is 0.307 e. The Balaban J connectivity index is 5.21. The molecule has 10 atom stereocenters. The van der Waals surface area contributed by atoms with Gasteiger partial charge in [-0.15, -0.1) is 0 Å². The minimum atomic E-state index is -1.23. The Morgan fingerprint density at radius 3 is 0.713 bits per heavy atom. The van der Waals surface area contributed by atoms with Gasteiger partial charge in [0.05, 0.1) is 117 Å². The maximum Gasteiger partial charge on any atom is 0.307 e. The van der Waals surface area contributed by atoms with Gasteiger partial charge in [-0.1, -0.05) is 13.8 Å². The van der Waals surface area contributed by atoms with Crippen LogP contribution in [0, 0.1) is 0 Å². The molecule has 8 N–H and O–H groups in total. The average molecular weight is 1270 g/mol. The summed E-state index contributed by atoms with van der Waals surface area (Å²) in [6.45, 7) is 10.3. The Morgan fingerprint density at radius 1 is 0.299 bits per heavy atom. The summed E-state index contributed by atoms with van der Waals surface area (Å²) >= 11 is 0. The van der Waals surface area contributed by atoms with E-state index in [-0.39, 0.29) is 169 Å². The SMILES string of the molecule is CCN(C)CCC(=O)OCC(O)COCC(O)COCC(O)COC(=O)CCN(CCC(=O)OCC(C)O)N(C)C(C)COCC(C)N(C)N(CCC(=O)OCC(C)O)CCC(=O)OCC(O)COCC(O)COCC(O)COC(=O)CCN(C)CC. The molecule has 0 aliphatic heterocycles. The molecule has 0 heterocycles. The van der Waals surface area contributed by atoms with Gasteiger partial charge in [0.1, 0.15) is 76.3 Å². The van der Waals surface area contributed by atoms with Crippen molar-refractivity contribution >= 4 is 35.8 Å². The molecule has 87 heavy (non-hydrogen) atoms. The minimum absolute atomic E-state index is 0.0773. The largest absolute Gasteiger partial charge is 0.463 e. The van der Waals surface area contributed by atoms with Crippen LogP contribution in [0.25, 0.3) is 0 Å². The second-order valence-corrected chi connectivity index (χ2v) is 21.5. The first-order valence-corrected chi connectivity index (χ1v) is 29.7. The summed E-state index contributed by atoms with van der Waals surface area (Å²) in [5, 5.41) is 87.5. The van der Waals surface area contributed by atoms with Gasteiger partial charge in [-0.25, -0.2) is 20.0 Å². The lowest BCUT2D eigenvalue weighted by atomic mass is 10.3. The van der Waals surface area contributed by atoms with Gasteiger partial charge in [0.2, 0.25) is 0 Å². The number of aliphatic hydroxyl groups excluding tert-OH is 8. The molecule has 0 radical (unpaired) electrons. The van der Waals surface area contributed by atoms with E-state index in [2.05, 4.69) is 0 Å². The van der Waals surface area contributed by atoms with Crippen LogP contribution in [0.3, 0.4) is 0 Å². The summed E-state index contributed by atoms with van der Waals surface area (Å²) in [5.41, 5.74) is 0. The number of hydrazine groups is 2. The zero-order valence-corrected chi connectivity index (χ0v) is 53.2. The van der Waals surface area contributed by atoms with E-state index < -0.39 is 97.9 Å². The van der Waals surface area contributed by atoms with Crippen molar-refractivity contribution < 1.29 is 122 Å². The zero-order valence-electron chi connectivity index (χ0n) is 53.2. The second-order valence-electron chi connectivity index (χ2n) is 21.5. The third kappa shape index (κ3) is 46.8. The molecule has 0 bridgehead atoms. The van der Waals surface area contributed by atoms with Crippen molar-refractivity contribution in [2.24, 2.45) is 0 Å². The number of esters is 6. The molecular formula is C56H108N6O25. The molecule has 0 aromatic carbocycles. The van der Waals surface area contributed by atoms with E-state index in [0.29, 0.717) is 13.1 Å². The first-order valence-electron chi connectivity index (χ1n) is 29.7. The standard InChI is InChI=1S/C56H108N6O25/c1-11-57(7)19-13-51(71)84-37-47(67)33-78-29-45(65)31-80-35-49(69)39-86-55(75)17-23-61(21-15-53(73)82-27-43(5)63)59(9)41(3)25-77-26-42(4)60(10)62(22-16-54(74)83-28-44(6)64)24-18-56(76)87-40-50(70)36-81-32-46(66)30-79-34-48(68)38-85-52(72)14-20-58(8)12-2/h41-50,63-70H,11-40H2,1-10H3. The van der Waals surface area contributed by atoms with Gasteiger partial charge in [0.15, 0.2) is 0 Å². The number of ether oxygens (including phenoxy) is 11. The maximum atomic E-state index is 12.9. The van der Waals surface area contributed by atoms with E-state index in [9.17, 15) is 69.6 Å². The topological polar surface area (TPSA) is 385 Å². The van der Waals surface area contributed by atoms with Gasteiger partial charge in [-0.05, 0) is 54.9 Å². The molecule has 0 amide bonds. The molecule has 0 aromatic heterocycles. The lowest BCUT2D eigenvalue weighted by Gasteiger charge is -2.37. The first-order chi connectivity index (χ1) is 41.1. The highest BCUT2D eigenvalue weighted by Gasteiger charge is 2.25. The van der Waals surface area contributed by atoms with E-state index in [0.717, 1.165) is 13.1 Å². The van der Waals surface area contributed by atoms with Crippen LogP contribution >= 0.6 is 0 Å². The average Bonchev–Trinajstić information content (AvgIpc) is 3.48. The predicted molar refractivity (Wildman–Crippen MR) is 311 cm³/mol. The predicted octanol–water partition coefficient (Wildman–Crippen LogP) is -3.43. The van der Waals surface area contributed by atoms with Crippen molar-refractivity contribution in [1.29, 1.82) is 0 Å². The zero-order chi connectivity index (χ0) is 65.7. The van der Waals surface area contributed by atoms with Crippen LogP contribution in [0.15, 0.2) is 0 Å². The van der Waals surface area contributed by atoms with Crippen LogP contribution < -0.4 is 0 Å². The maximum absolute atomic E-state index is 12.9. The Bertz CT molecular complexity index is 1690. The monoisotopic (exact) mass is 1260 g/mol. The highest BCUT2D eigenvalue weighted by molar-refractivity contribution is 5.71. The van der Waals surface area contributed by atoms with Gasteiger partial charge in [0, 0.05) is 65.4 Å². The van der Waals surface area contributed by atoms with E-state index in [1.165, 1.54) is 13.8 Å². The molecule has 512 valence electrons. The molecule has 0 rings (SSSR count). The Kier molecular flexibility index (Phi) is 48.5. The van der Waals surface area contributed by atoms with Gasteiger partial charge < -0.3 is 103 Å². The van der Waals surface area contributed by atoms with Crippen LogP contribution in [0.1, 0.15) is 80.1 Å². The van der Waals surface area contributed by atoms with Gasteiger partial charge in [0.25, 0.3) is 0 Å². The van der Waals surface area contributed by atoms with Gasteiger partial charge in [-0.3, -0.25) is 28.8 Å². The van der Waals surface area contributed by atoms with E-state index in [1.54, 1.807) is 34.1 Å². The van der Waals surface area contributed by atoms with Gasteiger partial charge in [-0.2, -0.15) is 0 Å². The van der Waals surface area contributed by atoms with Crippen molar-refractivity contribution in [2.75, 3.05) is 186 Å². The quantitative estimate of drug-likeness (QED) is 0.0167. The van der Waals surface area contributed by atoms with E-state index >= 15 is 0 Å². The first kappa shape index (κ1) is 83.1. The molecule has 0 aromatic rings. The number of hydrogen-bond acceptors (Lipinski definition) is 31. The summed E-state index contributed by atoms with van der Waals surface area (Å²) < 4.78 is 58.3. The highest BCUT2D eigenvalue weighted by Crippen LogP contribution is 2.11. The Morgan fingerprint density at radius 2 is 0.494 bits per heavy atom. The molecule has 10 unspecified atom stereocenters. The summed E-state index contributed by atoms with van der Waals surface area (Å²) in [4.78, 5) is 78.5. The van der Waals surface area contributed by atoms with Gasteiger partial charge >= 0.3 is 35.8 Å². The number of rotatable bonds is 56. The summed E-state index contributed by atoms with van der Waals surface area (Å²) in [6, 6.07) is -0.672. The van der Waals surface area contributed by atoms with E-state index in [4.69, 9.17) is 52.1 Å². The summed E-state index contributed by atoms with van der Waals surface area (Å²) in [5.74, 6) is -3.38. The molecule has 0 fully saturated rings. The number of aliphatic hydroxyl groups is 8. The summed E-state index contributed by atoms with van der Waals surface area (Å²) in [7, 11) is 7.22. The number of hydrogen-bond donors (Lipinski definition) is 8. The number of likely N-dealkylation sites (N-methyl/N-ethyl adjacent to an activating group) is 2. The second kappa shape index (κ2) is 50.8. The number of nitrogens with zero attached hydrogens (tertiary/aromatic N) is 6. The molecule has 31 nitrogen and oxygen atoms in total. The highest BCUT2D eigenvalue weighted by atomic mass is 16.6. The molecule has 0 saturated carbocycles. The summed E-state index contributed by atoms with van der Waals surface area (Å²) in [6.07, 6.45) is -8.77. The lowest BCUT2D eigenvalue weighted by molar-refractivity contribution is -0.152. The molecule has 0 spiro atoms. The number of carbonyl (C=O) groups is 6. The molecule has 0 saturated heterocycles. The molecule has 0 aliphatic carbocycles. The third-order valence-corrected chi connectivity index (χ3v) is 12.9. The lowest BCUT2D eigenvalue weighted by Crippen LogP contribution is -2.50. The normalized spacial score (nSPS) is 15.4. The minimum Gasteiger partial charge on any atom is -0.463 e. The number of carbonyl (C=O) groups excluding carboxylic acids is 6. The van der Waals surface area contributed by atoms with Crippen LogP contribution in [0.5, 0.6) is 0 Å². The fourth-order valence-corrected chi connectivity index (χ4v) is 7.06. The van der Waals surface area contributed by atoms with Crippen LogP contribution in [0.2, 0.25) is 0 Å². The van der Waals surface area contributed by atoms with Crippen molar-refractivity contribution in [1.82, 2.24) is 29.8 Å². The van der Waals surface area contributed by atoms with Crippen LogP contribution in [0.4, 0.5) is 0 Å². The fourth-order valence-electron chi connectivity index (χ4n) is 7.06. The Hall–Kier alpha value is -3.94. The van der Waals surface area contributed by atoms with Crippen molar-refractivity contribution in [2.45, 2.75) is 141 Å². The van der Waals surface area contributed by atoms with Crippen molar-refractivity contribution in [3.8, 4) is 0 Å². The molecule has 0 aliphatic rings. The Labute approximate surface area is 513 Å². The fraction of sp³-hybridized carbons (Fsp3) is 0.893. The van der Waals surface area contributed by atoms with Crippen molar-refractivity contribution in [3.63, 3.8) is 0 Å². The molecular weight excluding hydrogens is 1160 g/mol. The molecule has 31 heteroatoms. The van der Waals surface area contributed by atoms with E-state index in [1.807, 2.05) is 51.6 Å².